The van der Waals surface area contributed by atoms with Crippen LogP contribution in [0.1, 0.15) is 13.8 Å². The summed E-state index contributed by atoms with van der Waals surface area (Å²) in [6.07, 6.45) is -0.235. The molecule has 0 bridgehead atoms. The molecule has 7 heteroatoms. The Morgan fingerprint density at radius 3 is 3.00 bits per heavy atom. The van der Waals surface area contributed by atoms with E-state index in [4.69, 9.17) is 9.47 Å². The average Bonchev–Trinajstić information content (AvgIpc) is 2.34. The number of rotatable bonds is 4. The Morgan fingerprint density at radius 1 is 1.60 bits per heavy atom. The van der Waals surface area contributed by atoms with Gasteiger partial charge in [-0.15, -0.1) is 0 Å². The second-order valence-electron chi connectivity index (χ2n) is 5.29. The molecule has 1 saturated heterocycles. The van der Waals surface area contributed by atoms with Gasteiger partial charge in [0.15, 0.2) is 5.75 Å². The SMILES string of the molecule is CC1(C)CNCC(COc2cccc(F)c2[N+](=O)[O-])O1. The summed E-state index contributed by atoms with van der Waals surface area (Å²) in [5.74, 6) is -0.988. The molecule has 20 heavy (non-hydrogen) atoms. The topological polar surface area (TPSA) is 73.6 Å². The summed E-state index contributed by atoms with van der Waals surface area (Å²) >= 11 is 0. The fraction of sp³-hybridized carbons (Fsp3) is 0.538. The molecule has 6 nitrogen and oxygen atoms in total. The quantitative estimate of drug-likeness (QED) is 0.675. The number of ether oxygens (including phenoxy) is 2. The molecule has 0 saturated carbocycles. The number of hydrogen-bond donors (Lipinski definition) is 1. The summed E-state index contributed by atoms with van der Waals surface area (Å²) in [6, 6.07) is 3.79. The van der Waals surface area contributed by atoms with E-state index in [0.717, 1.165) is 12.6 Å². The molecule has 0 aromatic heterocycles. The van der Waals surface area contributed by atoms with Crippen LogP contribution in [-0.2, 0) is 4.74 Å². The Kier molecular flexibility index (Phi) is 4.20. The van der Waals surface area contributed by atoms with Gasteiger partial charge >= 0.3 is 5.69 Å². The second kappa shape index (κ2) is 5.72. The molecule has 0 spiro atoms. The van der Waals surface area contributed by atoms with Gasteiger partial charge in [-0.3, -0.25) is 10.1 Å². The largest absolute Gasteiger partial charge is 0.484 e. The van der Waals surface area contributed by atoms with E-state index < -0.39 is 16.4 Å². The zero-order valence-corrected chi connectivity index (χ0v) is 11.4. The van der Waals surface area contributed by atoms with Crippen molar-refractivity contribution in [2.75, 3.05) is 19.7 Å². The van der Waals surface area contributed by atoms with Gasteiger partial charge in [0.05, 0.1) is 10.5 Å². The van der Waals surface area contributed by atoms with Gasteiger partial charge in [-0.05, 0) is 26.0 Å². The average molecular weight is 284 g/mol. The highest BCUT2D eigenvalue weighted by molar-refractivity contribution is 5.47. The van der Waals surface area contributed by atoms with Crippen LogP contribution in [0.5, 0.6) is 5.75 Å². The molecule has 1 aliphatic heterocycles. The molecule has 110 valence electrons. The van der Waals surface area contributed by atoms with Crippen molar-refractivity contribution in [3.63, 3.8) is 0 Å². The fourth-order valence-corrected chi connectivity index (χ4v) is 2.13. The highest BCUT2D eigenvalue weighted by Gasteiger charge is 2.29. The van der Waals surface area contributed by atoms with Crippen molar-refractivity contribution < 1.29 is 18.8 Å². The fourth-order valence-electron chi connectivity index (χ4n) is 2.13. The minimum absolute atomic E-state index is 0.0815. The summed E-state index contributed by atoms with van der Waals surface area (Å²) in [5, 5.41) is 14.0. The standard InChI is InChI=1S/C13H17FN2O4/c1-13(2)8-15-6-9(20-13)7-19-11-5-3-4-10(14)12(11)16(17)18/h3-5,9,15H,6-8H2,1-2H3. The lowest BCUT2D eigenvalue weighted by Crippen LogP contribution is -2.52. The van der Waals surface area contributed by atoms with Crippen LogP contribution >= 0.6 is 0 Å². The highest BCUT2D eigenvalue weighted by Crippen LogP contribution is 2.30. The Bertz CT molecular complexity index is 507. The normalized spacial score (nSPS) is 21.4. The van der Waals surface area contributed by atoms with Crippen LogP contribution in [0.15, 0.2) is 18.2 Å². The van der Waals surface area contributed by atoms with Gasteiger partial charge in [0.25, 0.3) is 0 Å². The minimum Gasteiger partial charge on any atom is -0.484 e. The second-order valence-corrected chi connectivity index (χ2v) is 5.29. The first-order valence-corrected chi connectivity index (χ1v) is 6.33. The molecular formula is C13H17FN2O4. The van der Waals surface area contributed by atoms with E-state index in [9.17, 15) is 14.5 Å². The van der Waals surface area contributed by atoms with Crippen molar-refractivity contribution >= 4 is 5.69 Å². The lowest BCUT2D eigenvalue weighted by Gasteiger charge is -2.36. The number of nitro benzene ring substituents is 1. The molecule has 1 unspecified atom stereocenters. The van der Waals surface area contributed by atoms with Crippen LogP contribution in [0, 0.1) is 15.9 Å². The first-order chi connectivity index (χ1) is 9.39. The molecule has 1 N–H and O–H groups in total. The van der Waals surface area contributed by atoms with Crippen molar-refractivity contribution in [3.05, 3.63) is 34.1 Å². The van der Waals surface area contributed by atoms with Crippen LogP contribution < -0.4 is 10.1 Å². The number of morpholine rings is 1. The van der Waals surface area contributed by atoms with Crippen molar-refractivity contribution in [1.82, 2.24) is 5.32 Å². The van der Waals surface area contributed by atoms with E-state index in [2.05, 4.69) is 5.32 Å². The maximum atomic E-state index is 13.4. The van der Waals surface area contributed by atoms with Crippen LogP contribution in [-0.4, -0.2) is 36.3 Å². The van der Waals surface area contributed by atoms with Gasteiger partial charge in [0.1, 0.15) is 12.7 Å². The Labute approximate surface area is 116 Å². The summed E-state index contributed by atoms with van der Waals surface area (Å²) < 4.78 is 24.6. The maximum absolute atomic E-state index is 13.4. The Balaban J connectivity index is 2.04. The predicted molar refractivity (Wildman–Crippen MR) is 70.4 cm³/mol. The van der Waals surface area contributed by atoms with E-state index in [1.807, 2.05) is 13.8 Å². The van der Waals surface area contributed by atoms with Crippen molar-refractivity contribution in [2.45, 2.75) is 25.6 Å². The molecule has 0 radical (unpaired) electrons. The summed E-state index contributed by atoms with van der Waals surface area (Å²) in [4.78, 5) is 10.1. The van der Waals surface area contributed by atoms with Crippen molar-refractivity contribution in [2.24, 2.45) is 0 Å². The van der Waals surface area contributed by atoms with Crippen LogP contribution in [0.4, 0.5) is 10.1 Å². The first kappa shape index (κ1) is 14.7. The van der Waals surface area contributed by atoms with E-state index in [-0.39, 0.29) is 24.1 Å². The summed E-state index contributed by atoms with van der Waals surface area (Å²) in [5.41, 5.74) is -0.962. The third-order valence-electron chi connectivity index (χ3n) is 2.97. The van der Waals surface area contributed by atoms with E-state index in [1.54, 1.807) is 0 Å². The summed E-state index contributed by atoms with van der Waals surface area (Å²) in [6.45, 7) is 5.32. The molecule has 2 rings (SSSR count). The molecular weight excluding hydrogens is 267 g/mol. The van der Waals surface area contributed by atoms with E-state index in [1.165, 1.54) is 12.1 Å². The van der Waals surface area contributed by atoms with Gasteiger partial charge in [0.2, 0.25) is 5.82 Å². The third-order valence-corrected chi connectivity index (χ3v) is 2.97. The number of nitrogens with zero attached hydrogens (tertiary/aromatic N) is 1. The summed E-state index contributed by atoms with van der Waals surface area (Å²) in [7, 11) is 0. The number of para-hydroxylation sites is 1. The monoisotopic (exact) mass is 284 g/mol. The molecule has 1 fully saturated rings. The number of halogens is 1. The van der Waals surface area contributed by atoms with Crippen molar-refractivity contribution in [3.8, 4) is 5.75 Å². The minimum atomic E-state index is -0.907. The van der Waals surface area contributed by atoms with Gasteiger partial charge in [-0.1, -0.05) is 6.07 Å². The van der Waals surface area contributed by atoms with Gasteiger partial charge in [-0.2, -0.15) is 4.39 Å². The molecule has 0 amide bonds. The highest BCUT2D eigenvalue weighted by atomic mass is 19.1. The van der Waals surface area contributed by atoms with Crippen LogP contribution in [0.2, 0.25) is 0 Å². The Morgan fingerprint density at radius 2 is 2.35 bits per heavy atom. The molecule has 1 aromatic rings. The van der Waals surface area contributed by atoms with Gasteiger partial charge < -0.3 is 14.8 Å². The molecule has 1 heterocycles. The zero-order chi connectivity index (χ0) is 14.8. The molecule has 1 aromatic carbocycles. The van der Waals surface area contributed by atoms with Gasteiger partial charge in [-0.25, -0.2) is 0 Å². The predicted octanol–water partition coefficient (Wildman–Crippen LogP) is 1.88. The number of nitrogens with one attached hydrogen (secondary N) is 1. The third kappa shape index (κ3) is 3.43. The van der Waals surface area contributed by atoms with Crippen molar-refractivity contribution in [1.29, 1.82) is 0 Å². The first-order valence-electron chi connectivity index (χ1n) is 6.33. The van der Waals surface area contributed by atoms with Crippen LogP contribution in [0.3, 0.4) is 0 Å². The number of benzene rings is 1. The lowest BCUT2D eigenvalue weighted by molar-refractivity contribution is -0.388. The van der Waals surface area contributed by atoms with Gasteiger partial charge in [0, 0.05) is 13.1 Å². The smallest absolute Gasteiger partial charge is 0.346 e. The van der Waals surface area contributed by atoms with Crippen LogP contribution in [0.25, 0.3) is 0 Å². The number of hydrogen-bond acceptors (Lipinski definition) is 5. The Hall–Kier alpha value is -1.73. The molecule has 1 aliphatic rings. The lowest BCUT2D eigenvalue weighted by atomic mass is 10.1. The van der Waals surface area contributed by atoms with E-state index in [0.29, 0.717) is 6.54 Å². The maximum Gasteiger partial charge on any atom is 0.346 e. The van der Waals surface area contributed by atoms with E-state index >= 15 is 0 Å². The molecule has 0 aliphatic carbocycles. The molecule has 1 atom stereocenters. The number of nitro groups is 1. The zero-order valence-electron chi connectivity index (χ0n) is 11.4.